The van der Waals surface area contributed by atoms with Gasteiger partial charge in [-0.05, 0) is 42.0 Å². The van der Waals surface area contributed by atoms with Gasteiger partial charge in [-0.3, -0.25) is 9.69 Å². The molecule has 0 fully saturated rings. The number of hydrogen-bond acceptors (Lipinski definition) is 3. The summed E-state index contributed by atoms with van der Waals surface area (Å²) in [6, 6.07) is 16.0. The lowest BCUT2D eigenvalue weighted by molar-refractivity contribution is 0.0985. The van der Waals surface area contributed by atoms with Gasteiger partial charge in [0, 0.05) is 5.56 Å². The zero-order chi connectivity index (χ0) is 15.5. The van der Waals surface area contributed by atoms with E-state index < -0.39 is 6.04 Å². The minimum Gasteiger partial charge on any atom is -0.497 e. The van der Waals surface area contributed by atoms with Gasteiger partial charge in [-0.15, -0.1) is 0 Å². The summed E-state index contributed by atoms with van der Waals surface area (Å²) in [5.41, 5.74) is 2.19. The largest absolute Gasteiger partial charge is 0.497 e. The van der Waals surface area contributed by atoms with Crippen LogP contribution in [0.1, 0.15) is 15.9 Å². The average molecular weight is 290 g/mol. The van der Waals surface area contributed by atoms with Crippen LogP contribution in [0.3, 0.4) is 0 Å². The van der Waals surface area contributed by atoms with Crippen LogP contribution in [-0.2, 0) is 0 Å². The van der Waals surface area contributed by atoms with Crippen LogP contribution in [0.4, 0.5) is 5.69 Å². The number of nitrogens with zero attached hydrogens (tertiary/aromatic N) is 2. The van der Waals surface area contributed by atoms with Crippen molar-refractivity contribution < 1.29 is 9.53 Å². The van der Waals surface area contributed by atoms with Crippen LogP contribution in [0, 0.1) is 11.3 Å². The van der Waals surface area contributed by atoms with Crippen LogP contribution >= 0.6 is 0 Å². The molecule has 3 rings (SSSR count). The van der Waals surface area contributed by atoms with Crippen molar-refractivity contribution in [2.45, 2.75) is 6.04 Å². The number of fused-ring (bicyclic) bond motifs is 1. The highest BCUT2D eigenvalue weighted by atomic mass is 16.5. The predicted molar refractivity (Wildman–Crippen MR) is 84.7 cm³/mol. The highest BCUT2D eigenvalue weighted by Crippen LogP contribution is 2.30. The summed E-state index contributed by atoms with van der Waals surface area (Å²) in [5.74, 6) is 0.485. The molecule has 2 aromatic rings. The molecule has 108 valence electrons. The summed E-state index contributed by atoms with van der Waals surface area (Å²) in [4.78, 5) is 14.4. The molecular formula is C18H14N2O2. The molecule has 0 aromatic heterocycles. The molecule has 1 atom stereocenters. The first-order chi connectivity index (χ1) is 10.7. The van der Waals surface area contributed by atoms with E-state index in [1.807, 2.05) is 30.3 Å². The van der Waals surface area contributed by atoms with Gasteiger partial charge in [-0.1, -0.05) is 24.3 Å². The molecule has 0 N–H and O–H groups in total. The number of amides is 1. The third-order valence-electron chi connectivity index (χ3n) is 3.62. The lowest BCUT2D eigenvalue weighted by Crippen LogP contribution is -2.40. The average Bonchev–Trinajstić information content (AvgIpc) is 2.60. The number of anilines is 1. The first-order valence-corrected chi connectivity index (χ1v) is 6.89. The third-order valence-corrected chi connectivity index (χ3v) is 3.62. The number of rotatable bonds is 2. The van der Waals surface area contributed by atoms with E-state index in [1.165, 1.54) is 4.90 Å². The van der Waals surface area contributed by atoms with Crippen LogP contribution in [0.15, 0.2) is 54.6 Å². The van der Waals surface area contributed by atoms with Crippen molar-refractivity contribution >= 4 is 17.7 Å². The second-order valence-electron chi connectivity index (χ2n) is 4.90. The standard InChI is InChI=1S/C18H14N2O2/c1-22-16-10-7-14(8-11-16)18(21)20-15(12-19)9-6-13-4-2-3-5-17(13)20/h2-11,15H,1H3/t15-/m0/s1. The molecule has 0 spiro atoms. The zero-order valence-electron chi connectivity index (χ0n) is 12.1. The molecule has 1 amide bonds. The normalized spacial score (nSPS) is 15.8. The van der Waals surface area contributed by atoms with Gasteiger partial charge in [0.05, 0.1) is 18.9 Å². The van der Waals surface area contributed by atoms with Crippen molar-refractivity contribution in [2.75, 3.05) is 12.0 Å². The molecule has 1 aliphatic heterocycles. The summed E-state index contributed by atoms with van der Waals surface area (Å²) in [6.45, 7) is 0. The number of nitriles is 1. The molecule has 2 aromatic carbocycles. The van der Waals surface area contributed by atoms with Gasteiger partial charge in [0.25, 0.3) is 5.91 Å². The van der Waals surface area contributed by atoms with Crippen LogP contribution in [0.2, 0.25) is 0 Å². The Balaban J connectivity index is 2.02. The molecule has 22 heavy (non-hydrogen) atoms. The van der Waals surface area contributed by atoms with E-state index in [4.69, 9.17) is 4.74 Å². The lowest BCUT2D eigenvalue weighted by atomic mass is 10.0. The summed E-state index contributed by atoms with van der Waals surface area (Å²) < 4.78 is 5.10. The Morgan fingerprint density at radius 1 is 1.18 bits per heavy atom. The number of methoxy groups -OCH3 is 1. The maximum absolute atomic E-state index is 12.8. The molecular weight excluding hydrogens is 276 g/mol. The summed E-state index contributed by atoms with van der Waals surface area (Å²) in [7, 11) is 1.58. The van der Waals surface area contributed by atoms with Crippen LogP contribution in [-0.4, -0.2) is 19.1 Å². The number of benzene rings is 2. The number of carbonyl (C=O) groups excluding carboxylic acids is 1. The Hall–Kier alpha value is -3.06. The fourth-order valence-electron chi connectivity index (χ4n) is 2.49. The van der Waals surface area contributed by atoms with Crippen molar-refractivity contribution in [1.82, 2.24) is 0 Å². The van der Waals surface area contributed by atoms with Gasteiger partial charge in [0.1, 0.15) is 11.8 Å². The Bertz CT molecular complexity index is 772. The fourth-order valence-corrected chi connectivity index (χ4v) is 2.49. The van der Waals surface area contributed by atoms with Gasteiger partial charge in [0.15, 0.2) is 0 Å². The Labute approximate surface area is 128 Å². The van der Waals surface area contributed by atoms with E-state index in [1.54, 1.807) is 37.5 Å². The molecule has 0 unspecified atom stereocenters. The van der Waals surface area contributed by atoms with Crippen LogP contribution in [0.25, 0.3) is 6.08 Å². The van der Waals surface area contributed by atoms with Crippen LogP contribution in [0.5, 0.6) is 5.75 Å². The van der Waals surface area contributed by atoms with E-state index in [0.29, 0.717) is 11.3 Å². The van der Waals surface area contributed by atoms with Gasteiger partial charge >= 0.3 is 0 Å². The smallest absolute Gasteiger partial charge is 0.259 e. The Morgan fingerprint density at radius 2 is 1.91 bits per heavy atom. The topological polar surface area (TPSA) is 53.3 Å². The minimum absolute atomic E-state index is 0.203. The SMILES string of the molecule is COc1ccc(C(=O)N2c3ccccc3C=C[C@H]2C#N)cc1. The fraction of sp³-hybridized carbons (Fsp3) is 0.111. The number of para-hydroxylation sites is 1. The zero-order valence-corrected chi connectivity index (χ0v) is 12.1. The van der Waals surface area contributed by atoms with Gasteiger partial charge in [0.2, 0.25) is 0 Å². The number of carbonyl (C=O) groups is 1. The van der Waals surface area contributed by atoms with E-state index in [9.17, 15) is 10.1 Å². The van der Waals surface area contributed by atoms with Crippen molar-refractivity contribution in [2.24, 2.45) is 0 Å². The van der Waals surface area contributed by atoms with Gasteiger partial charge in [-0.2, -0.15) is 5.26 Å². The van der Waals surface area contributed by atoms with Crippen LogP contribution < -0.4 is 9.64 Å². The monoisotopic (exact) mass is 290 g/mol. The quantitative estimate of drug-likeness (QED) is 0.853. The van der Waals surface area contributed by atoms with Crippen molar-refractivity contribution in [3.8, 4) is 11.8 Å². The van der Waals surface area contributed by atoms with Gasteiger partial charge < -0.3 is 4.74 Å². The second-order valence-corrected chi connectivity index (χ2v) is 4.90. The Morgan fingerprint density at radius 3 is 2.59 bits per heavy atom. The lowest BCUT2D eigenvalue weighted by Gasteiger charge is -2.30. The Kier molecular flexibility index (Phi) is 3.63. The first kappa shape index (κ1) is 13.9. The van der Waals surface area contributed by atoms with E-state index >= 15 is 0 Å². The molecule has 0 bridgehead atoms. The summed E-state index contributed by atoms with van der Waals surface area (Å²) in [5, 5.41) is 9.35. The maximum Gasteiger partial charge on any atom is 0.259 e. The third kappa shape index (κ3) is 2.33. The van der Waals surface area contributed by atoms with E-state index in [0.717, 1.165) is 11.3 Å². The summed E-state index contributed by atoms with van der Waals surface area (Å²) in [6.07, 6.45) is 3.62. The highest BCUT2D eigenvalue weighted by Gasteiger charge is 2.28. The number of hydrogen-bond donors (Lipinski definition) is 0. The molecule has 1 heterocycles. The van der Waals surface area contributed by atoms with Crippen molar-refractivity contribution in [3.05, 3.63) is 65.7 Å². The molecule has 0 saturated carbocycles. The minimum atomic E-state index is -0.607. The maximum atomic E-state index is 12.8. The first-order valence-electron chi connectivity index (χ1n) is 6.89. The van der Waals surface area contributed by atoms with Crippen molar-refractivity contribution in [1.29, 1.82) is 5.26 Å². The number of ether oxygens (including phenoxy) is 1. The summed E-state index contributed by atoms with van der Waals surface area (Å²) >= 11 is 0. The predicted octanol–water partition coefficient (Wildman–Crippen LogP) is 3.26. The van der Waals surface area contributed by atoms with Crippen molar-refractivity contribution in [3.63, 3.8) is 0 Å². The second kappa shape index (κ2) is 5.74. The molecule has 0 saturated heterocycles. The molecule has 0 aliphatic carbocycles. The molecule has 1 aliphatic rings. The molecule has 0 radical (unpaired) electrons. The molecule has 4 nitrogen and oxygen atoms in total. The van der Waals surface area contributed by atoms with E-state index in [-0.39, 0.29) is 5.91 Å². The highest BCUT2D eigenvalue weighted by molar-refractivity contribution is 6.09. The van der Waals surface area contributed by atoms with Gasteiger partial charge in [-0.25, -0.2) is 0 Å². The molecule has 4 heteroatoms. The van der Waals surface area contributed by atoms with E-state index in [2.05, 4.69) is 6.07 Å².